The number of ether oxygens (including phenoxy) is 12. The molecule has 10 N–H and O–H groups in total. The summed E-state index contributed by atoms with van der Waals surface area (Å²) in [5.41, 5.74) is 31.1. The van der Waals surface area contributed by atoms with Crippen LogP contribution in [0.3, 0.4) is 0 Å². The summed E-state index contributed by atoms with van der Waals surface area (Å²) in [6, 6.07) is 20.7. The highest BCUT2D eigenvalue weighted by Crippen LogP contribution is 2.61. The molecule has 0 amide bonds. The fraction of sp³-hybridized carbons (Fsp3) is 0.637. The van der Waals surface area contributed by atoms with Gasteiger partial charge in [-0.1, -0.05) is 157 Å². The summed E-state index contributed by atoms with van der Waals surface area (Å²) < 4.78 is 71.6. The maximum atomic E-state index is 12.9. The van der Waals surface area contributed by atoms with Crippen LogP contribution in [0.2, 0.25) is 0 Å². The van der Waals surface area contributed by atoms with Crippen LogP contribution in [-0.2, 0) is 56.0 Å². The maximum absolute atomic E-state index is 12.9. The third-order valence-electron chi connectivity index (χ3n) is 32.1. The normalized spacial score (nSPS) is 22.3. The van der Waals surface area contributed by atoms with E-state index >= 15 is 0 Å². The summed E-state index contributed by atoms with van der Waals surface area (Å²) >= 11 is 0. The standard InChI is InChI=1S/C26H39NO4.C26H38O5.C25H36O6.C24H35NO3.C23H33NO3/c1-5-6-7-10-19-16-22(30-25(28)29-14-9-8-13-27)24-20-15-18(2)11-12-21(20)26(3,4)31-23(24)17-19;1-6-7-8-9-18-13-21(30-24(29)26(5,15-27)16-28)23-19-12-17(2)10-11-20(19)25(3,4)31-22(23)14-18;1-5-6-7-8-17-12-21(30-24(28)29-15-18(27)14-26)23-19-11-16(2)9-10-20(19)25(3,4)31-22(23)13-17;1-5-6-7-8-17-14-20(27-22(26)11-12-25)23-18-13-16(2)9-10-19(18)24(3,4)28-21(23)15-17;1-5-6-7-8-16-12-19(26-21(25)14-24)22-17-11-15(2)9-10-18(17)23(3,4)27-20(22)13-16/h15-17,20-21H,5-14,27H2,1-4H3;12-14,19-20,27-28H,6-11,15-16H2,1-5H3;11-13,18-20,26-27H,5-10,14-15H2,1-4H3;13-15,18-19H,5-12,25H2,1-4H3;11-13,17-18H,5-10,14,24H2,1-4H3/t20-,21-;19-,20-;18-,19-,20-;18-,19-;17-,18-/m11111/s1. The number of carbonyl (C=O) groups is 5. The Kier molecular flexibility index (Phi) is 43.4. The first-order chi connectivity index (χ1) is 70.4. The van der Waals surface area contributed by atoms with Crippen LogP contribution in [-0.4, -0.2) is 137 Å². The van der Waals surface area contributed by atoms with E-state index in [1.807, 2.05) is 24.3 Å². The van der Waals surface area contributed by atoms with Gasteiger partial charge < -0.3 is 94.5 Å². The third kappa shape index (κ3) is 30.7. The number of hydrogen-bond donors (Lipinski definition) is 7. The predicted molar refractivity (Wildman–Crippen MR) is 585 cm³/mol. The van der Waals surface area contributed by atoms with Crippen LogP contribution in [0.1, 0.15) is 410 Å². The minimum atomic E-state index is -1.35. The molecule has 0 spiro atoms. The summed E-state index contributed by atoms with van der Waals surface area (Å²) in [4.78, 5) is 62.0. The van der Waals surface area contributed by atoms with Gasteiger partial charge in [-0.05, 0) is 347 Å². The zero-order valence-electron chi connectivity index (χ0n) is 93.5. The minimum absolute atomic E-state index is 0.100. The van der Waals surface area contributed by atoms with E-state index in [1.165, 1.54) is 78.9 Å². The Labute approximate surface area is 884 Å². The highest BCUT2D eigenvalue weighted by atomic mass is 16.7. The first-order valence-corrected chi connectivity index (χ1v) is 56.1. The molecule has 24 heteroatoms. The van der Waals surface area contributed by atoms with Crippen LogP contribution in [0, 0.1) is 35.0 Å². The number of benzene rings is 5. The number of unbranched alkanes of at least 4 members (excludes halogenated alkanes) is 11. The molecule has 0 radical (unpaired) electrons. The third-order valence-corrected chi connectivity index (χ3v) is 32.1. The molecule has 15 rings (SSSR count). The van der Waals surface area contributed by atoms with E-state index in [0.29, 0.717) is 66.2 Å². The topological polar surface area (TPSA) is 355 Å². The number of aryl methyl sites for hydroxylation is 5. The van der Waals surface area contributed by atoms with Gasteiger partial charge >= 0.3 is 30.2 Å². The number of fused-ring (bicyclic) bond motifs is 15. The molecule has 5 aromatic carbocycles. The Morgan fingerprint density at radius 2 is 0.622 bits per heavy atom. The molecule has 5 aliphatic carbocycles. The molecule has 0 saturated heterocycles. The summed E-state index contributed by atoms with van der Waals surface area (Å²) in [6.45, 7) is 44.3. The Balaban J connectivity index is 0.000000176. The first kappa shape index (κ1) is 119. The van der Waals surface area contributed by atoms with Crippen molar-refractivity contribution in [2.24, 2.45) is 52.2 Å². The van der Waals surface area contributed by atoms with Crippen molar-refractivity contribution in [3.05, 3.63) is 175 Å². The Hall–Kier alpha value is -9.53. The SMILES string of the molecule is CCCCCc1cc(OC(=O)C(C)(CO)CO)c2c(c1)OC(C)(C)[C@@H]1CCC(C)=C[C@@H]21.CCCCCc1cc(OC(=O)CCN)c2c(c1)OC(C)(C)[C@@H]1CCC(C)=C[C@@H]21.CCCCCc1cc(OC(=O)CN)c2c(c1)OC(C)(C)[C@@H]1CCC(C)=C[C@@H]21.CCCCCc1cc(OC(=O)OCCCCN)c2c(c1)OC(C)(C)[C@@H]1CCC(C)=C[C@@H]21.CCCCCc1cc(OC(=O)OC[C@H](O)CO)c2c(c1)OC(C)(C)[C@@H]1CCC(C)=C[C@@H]21. The van der Waals surface area contributed by atoms with Gasteiger partial charge in [-0.15, -0.1) is 0 Å². The van der Waals surface area contributed by atoms with Gasteiger partial charge in [0, 0.05) is 93.5 Å². The van der Waals surface area contributed by atoms with Gasteiger partial charge in [-0.3, -0.25) is 14.4 Å². The Bertz CT molecular complexity index is 5470. The number of nitrogens with two attached hydrogens (primary N) is 3. The van der Waals surface area contributed by atoms with Crippen molar-refractivity contribution in [2.45, 2.75) is 421 Å². The van der Waals surface area contributed by atoms with Gasteiger partial charge in [0.2, 0.25) is 0 Å². The Morgan fingerprint density at radius 1 is 0.358 bits per heavy atom. The number of rotatable bonds is 38. The van der Waals surface area contributed by atoms with Crippen LogP contribution < -0.4 is 64.6 Å². The quantitative estimate of drug-likeness (QED) is 0.00634. The maximum Gasteiger partial charge on any atom is 0.513 e. The first-order valence-electron chi connectivity index (χ1n) is 56.1. The largest absolute Gasteiger partial charge is 0.513 e. The van der Waals surface area contributed by atoms with Gasteiger partial charge in [0.1, 0.15) is 104 Å². The van der Waals surface area contributed by atoms with Crippen molar-refractivity contribution in [3.8, 4) is 57.5 Å². The second kappa shape index (κ2) is 54.1. The molecule has 148 heavy (non-hydrogen) atoms. The van der Waals surface area contributed by atoms with Gasteiger partial charge in [-0.25, -0.2) is 9.59 Å². The van der Waals surface area contributed by atoms with Crippen molar-refractivity contribution in [3.63, 3.8) is 0 Å². The van der Waals surface area contributed by atoms with E-state index < -0.39 is 55.6 Å². The van der Waals surface area contributed by atoms with Crippen molar-refractivity contribution in [1.29, 1.82) is 0 Å². The zero-order chi connectivity index (χ0) is 108. The van der Waals surface area contributed by atoms with Crippen LogP contribution >= 0.6 is 0 Å². The average molecular weight is 2050 g/mol. The molecule has 5 heterocycles. The summed E-state index contributed by atoms with van der Waals surface area (Å²) in [7, 11) is 0. The molecule has 0 fully saturated rings. The lowest BCUT2D eigenvalue weighted by molar-refractivity contribution is -0.150. The molecular weight excluding hydrogens is 1870 g/mol. The van der Waals surface area contributed by atoms with Gasteiger partial charge in [0.05, 0.1) is 39.4 Å². The molecular formula is C124H181N3O21. The fourth-order valence-corrected chi connectivity index (χ4v) is 23.6. The van der Waals surface area contributed by atoms with Crippen LogP contribution in [0.5, 0.6) is 57.5 Å². The van der Waals surface area contributed by atoms with Crippen LogP contribution in [0.15, 0.2) is 119 Å². The molecule has 11 atom stereocenters. The molecule has 0 unspecified atom stereocenters. The van der Waals surface area contributed by atoms with E-state index in [0.717, 1.165) is 246 Å². The molecule has 5 aliphatic heterocycles. The fourth-order valence-electron chi connectivity index (χ4n) is 23.6. The number of aliphatic hydroxyl groups is 4. The molecule has 24 nitrogen and oxygen atoms in total. The van der Waals surface area contributed by atoms with Gasteiger partial charge in [0.15, 0.2) is 0 Å². The molecule has 0 saturated carbocycles. The highest BCUT2D eigenvalue weighted by molar-refractivity contribution is 5.80. The molecule has 5 aromatic rings. The molecule has 0 bridgehead atoms. The summed E-state index contributed by atoms with van der Waals surface area (Å²) in [5, 5.41) is 37.7. The Morgan fingerprint density at radius 3 is 0.872 bits per heavy atom. The van der Waals surface area contributed by atoms with E-state index in [2.05, 4.69) is 205 Å². The lowest BCUT2D eigenvalue weighted by atomic mass is 9.68. The van der Waals surface area contributed by atoms with Crippen molar-refractivity contribution in [2.75, 3.05) is 52.7 Å². The number of carbonyl (C=O) groups excluding carboxylic acids is 5. The van der Waals surface area contributed by atoms with Gasteiger partial charge in [0.25, 0.3) is 0 Å². The monoisotopic (exact) mass is 2050 g/mol. The average Bonchev–Trinajstić information content (AvgIpc) is 0.753. The number of esters is 3. The smallest absolute Gasteiger partial charge is 0.487 e. The zero-order valence-corrected chi connectivity index (χ0v) is 93.5. The van der Waals surface area contributed by atoms with E-state index in [9.17, 15) is 39.3 Å². The second-order valence-corrected chi connectivity index (χ2v) is 46.4. The van der Waals surface area contributed by atoms with E-state index in [4.69, 9.17) is 79.1 Å². The van der Waals surface area contributed by atoms with Crippen molar-refractivity contribution < 1.29 is 101 Å². The van der Waals surface area contributed by atoms with E-state index in [1.54, 1.807) is 0 Å². The van der Waals surface area contributed by atoms with Crippen LogP contribution in [0.25, 0.3) is 0 Å². The number of aliphatic hydroxyl groups excluding tert-OH is 4. The van der Waals surface area contributed by atoms with E-state index in [-0.39, 0.29) is 95.0 Å². The number of allylic oxidation sites excluding steroid dienone is 10. The number of hydrogen-bond acceptors (Lipinski definition) is 24. The second-order valence-electron chi connectivity index (χ2n) is 46.4. The highest BCUT2D eigenvalue weighted by Gasteiger charge is 2.53. The van der Waals surface area contributed by atoms with Crippen molar-refractivity contribution in [1.82, 2.24) is 0 Å². The summed E-state index contributed by atoms with van der Waals surface area (Å²) in [5.74, 6) is 8.16. The molecule has 0 aromatic heterocycles. The molecule has 818 valence electrons. The summed E-state index contributed by atoms with van der Waals surface area (Å²) in [6.07, 6.45) is 43.1. The lowest BCUT2D eigenvalue weighted by Crippen LogP contribution is -2.45. The van der Waals surface area contributed by atoms with Crippen LogP contribution in [0.4, 0.5) is 9.59 Å². The predicted octanol–water partition coefficient (Wildman–Crippen LogP) is 26.3. The lowest BCUT2D eigenvalue weighted by Gasteiger charge is -2.46. The molecule has 10 aliphatic rings. The van der Waals surface area contributed by atoms with Crippen molar-refractivity contribution >= 4 is 30.2 Å². The minimum Gasteiger partial charge on any atom is -0.487 e. The van der Waals surface area contributed by atoms with Gasteiger partial charge in [-0.2, -0.15) is 0 Å².